The SMILES string of the molecule is Cc1c(O)c(C(C)C)c2c(c1CCn1ccnc1)OC(C)(C)C2.Cl. The van der Waals surface area contributed by atoms with Crippen LogP contribution in [-0.4, -0.2) is 20.3 Å². The highest BCUT2D eigenvalue weighted by Gasteiger charge is 2.36. The molecule has 3 rings (SSSR count). The Kier molecular flexibility index (Phi) is 5.19. The van der Waals surface area contributed by atoms with Gasteiger partial charge in [-0.1, -0.05) is 13.8 Å². The number of phenolic OH excluding ortho intramolecular Hbond substituents is 1. The molecule has 0 atom stereocenters. The quantitative estimate of drug-likeness (QED) is 0.889. The van der Waals surface area contributed by atoms with E-state index in [1.165, 1.54) is 5.56 Å². The summed E-state index contributed by atoms with van der Waals surface area (Å²) in [6, 6.07) is 0. The average Bonchev–Trinajstić information content (AvgIpc) is 3.06. The molecule has 2 aromatic rings. The van der Waals surface area contributed by atoms with Crippen LogP contribution in [0.3, 0.4) is 0 Å². The minimum absolute atomic E-state index is 0. The van der Waals surface area contributed by atoms with Gasteiger partial charge in [0.25, 0.3) is 0 Å². The van der Waals surface area contributed by atoms with E-state index >= 15 is 0 Å². The topological polar surface area (TPSA) is 47.3 Å². The first-order valence-corrected chi connectivity index (χ1v) is 8.32. The molecule has 1 aromatic carbocycles. The molecule has 5 heteroatoms. The zero-order valence-electron chi connectivity index (χ0n) is 15.1. The lowest BCUT2D eigenvalue weighted by atomic mass is 9.86. The number of benzene rings is 1. The standard InChI is InChI=1S/C19H26N2O2.ClH/c1-12(2)16-15-10-19(4,5)23-18(15)14(13(3)17(16)22)6-8-21-9-7-20-11-21;/h7,9,11-12,22H,6,8,10H2,1-5H3;1H. The number of ether oxygens (including phenoxy) is 1. The van der Waals surface area contributed by atoms with Crippen molar-refractivity contribution in [3.8, 4) is 11.5 Å². The van der Waals surface area contributed by atoms with E-state index in [-0.39, 0.29) is 23.9 Å². The number of hydrogen-bond donors (Lipinski definition) is 1. The first-order valence-electron chi connectivity index (χ1n) is 8.32. The molecule has 0 aliphatic carbocycles. The molecule has 0 unspecified atom stereocenters. The molecule has 0 radical (unpaired) electrons. The molecule has 2 heterocycles. The van der Waals surface area contributed by atoms with Crippen molar-refractivity contribution in [2.75, 3.05) is 0 Å². The van der Waals surface area contributed by atoms with Crippen LogP contribution in [0.2, 0.25) is 0 Å². The monoisotopic (exact) mass is 350 g/mol. The van der Waals surface area contributed by atoms with Crippen LogP contribution >= 0.6 is 12.4 Å². The van der Waals surface area contributed by atoms with Gasteiger partial charge in [-0.05, 0) is 38.7 Å². The number of phenols is 1. The molecule has 0 saturated heterocycles. The summed E-state index contributed by atoms with van der Waals surface area (Å²) >= 11 is 0. The van der Waals surface area contributed by atoms with Gasteiger partial charge in [0.15, 0.2) is 0 Å². The summed E-state index contributed by atoms with van der Waals surface area (Å²) in [5.41, 5.74) is 4.10. The second-order valence-corrected chi connectivity index (χ2v) is 7.42. The van der Waals surface area contributed by atoms with Gasteiger partial charge < -0.3 is 14.4 Å². The predicted octanol–water partition coefficient (Wildman–Crippen LogP) is 4.40. The maximum Gasteiger partial charge on any atom is 0.127 e. The summed E-state index contributed by atoms with van der Waals surface area (Å²) in [5, 5.41) is 10.8. The van der Waals surface area contributed by atoms with E-state index in [1.807, 2.05) is 19.4 Å². The van der Waals surface area contributed by atoms with Gasteiger partial charge in [0.2, 0.25) is 0 Å². The molecular formula is C19H27ClN2O2. The van der Waals surface area contributed by atoms with E-state index < -0.39 is 0 Å². The fourth-order valence-electron chi connectivity index (χ4n) is 3.58. The van der Waals surface area contributed by atoms with E-state index in [9.17, 15) is 5.11 Å². The molecule has 1 aliphatic heterocycles. The predicted molar refractivity (Wildman–Crippen MR) is 98.5 cm³/mol. The fourth-order valence-corrected chi connectivity index (χ4v) is 3.58. The number of aromatic nitrogens is 2. The smallest absolute Gasteiger partial charge is 0.127 e. The van der Waals surface area contributed by atoms with Crippen LogP contribution in [0, 0.1) is 6.92 Å². The van der Waals surface area contributed by atoms with Gasteiger partial charge in [0.1, 0.15) is 17.1 Å². The molecule has 132 valence electrons. The first kappa shape index (κ1) is 18.7. The van der Waals surface area contributed by atoms with Gasteiger partial charge >= 0.3 is 0 Å². The molecule has 24 heavy (non-hydrogen) atoms. The number of rotatable bonds is 4. The Balaban J connectivity index is 0.00000208. The highest BCUT2D eigenvalue weighted by molar-refractivity contribution is 5.85. The highest BCUT2D eigenvalue weighted by Crippen LogP contribution is 2.48. The lowest BCUT2D eigenvalue weighted by Crippen LogP contribution is -2.25. The van der Waals surface area contributed by atoms with Crippen LogP contribution in [-0.2, 0) is 19.4 Å². The molecule has 0 bridgehead atoms. The Morgan fingerprint density at radius 3 is 2.67 bits per heavy atom. The van der Waals surface area contributed by atoms with Crippen LogP contribution < -0.4 is 4.74 Å². The van der Waals surface area contributed by atoms with Crippen molar-refractivity contribution in [3.63, 3.8) is 0 Å². The van der Waals surface area contributed by atoms with Crippen molar-refractivity contribution in [1.82, 2.24) is 9.55 Å². The van der Waals surface area contributed by atoms with E-state index in [2.05, 4.69) is 37.2 Å². The number of hydrogen-bond acceptors (Lipinski definition) is 3. The summed E-state index contributed by atoms with van der Waals surface area (Å²) in [6.07, 6.45) is 7.25. The molecule has 0 fully saturated rings. The Labute approximate surface area is 150 Å². The minimum atomic E-state index is -0.212. The van der Waals surface area contributed by atoms with Gasteiger partial charge in [-0.15, -0.1) is 12.4 Å². The Hall–Kier alpha value is -1.68. The average molecular weight is 351 g/mol. The first-order chi connectivity index (χ1) is 10.8. The summed E-state index contributed by atoms with van der Waals surface area (Å²) in [7, 11) is 0. The summed E-state index contributed by atoms with van der Waals surface area (Å²) in [6.45, 7) is 11.3. The van der Waals surface area contributed by atoms with Crippen LogP contribution in [0.25, 0.3) is 0 Å². The largest absolute Gasteiger partial charge is 0.507 e. The van der Waals surface area contributed by atoms with Crippen molar-refractivity contribution in [2.45, 2.75) is 65.5 Å². The highest BCUT2D eigenvalue weighted by atomic mass is 35.5. The van der Waals surface area contributed by atoms with Gasteiger partial charge in [0, 0.05) is 42.0 Å². The number of aromatic hydroxyl groups is 1. The number of fused-ring (bicyclic) bond motifs is 1. The molecule has 0 saturated carbocycles. The van der Waals surface area contributed by atoms with E-state index in [0.29, 0.717) is 5.75 Å². The normalized spacial score (nSPS) is 15.1. The van der Waals surface area contributed by atoms with Crippen molar-refractivity contribution in [3.05, 3.63) is 41.0 Å². The van der Waals surface area contributed by atoms with Crippen molar-refractivity contribution in [2.24, 2.45) is 0 Å². The molecular weight excluding hydrogens is 324 g/mol. The lowest BCUT2D eigenvalue weighted by Gasteiger charge is -2.21. The van der Waals surface area contributed by atoms with E-state index in [1.54, 1.807) is 6.20 Å². The van der Waals surface area contributed by atoms with E-state index in [0.717, 1.165) is 41.8 Å². The van der Waals surface area contributed by atoms with Crippen LogP contribution in [0.5, 0.6) is 11.5 Å². The van der Waals surface area contributed by atoms with Gasteiger partial charge in [-0.3, -0.25) is 0 Å². The Morgan fingerprint density at radius 1 is 1.38 bits per heavy atom. The molecule has 4 nitrogen and oxygen atoms in total. The minimum Gasteiger partial charge on any atom is -0.507 e. The molecule has 1 aliphatic rings. The number of imidazole rings is 1. The van der Waals surface area contributed by atoms with Crippen LogP contribution in [0.1, 0.15) is 55.9 Å². The lowest BCUT2D eigenvalue weighted by molar-refractivity contribution is 0.137. The molecule has 0 spiro atoms. The molecule has 1 aromatic heterocycles. The van der Waals surface area contributed by atoms with Crippen molar-refractivity contribution < 1.29 is 9.84 Å². The molecule has 0 amide bonds. The maximum absolute atomic E-state index is 10.8. The summed E-state index contributed by atoms with van der Waals surface area (Å²) < 4.78 is 8.34. The third-order valence-electron chi connectivity index (χ3n) is 4.67. The van der Waals surface area contributed by atoms with Crippen molar-refractivity contribution in [1.29, 1.82) is 0 Å². The number of nitrogens with zero attached hydrogens (tertiary/aromatic N) is 2. The fraction of sp³-hybridized carbons (Fsp3) is 0.526. The summed E-state index contributed by atoms with van der Waals surface area (Å²) in [5.74, 6) is 1.72. The third-order valence-corrected chi connectivity index (χ3v) is 4.67. The maximum atomic E-state index is 10.8. The van der Waals surface area contributed by atoms with Gasteiger partial charge in [-0.25, -0.2) is 4.98 Å². The number of aryl methyl sites for hydroxylation is 1. The summed E-state index contributed by atoms with van der Waals surface area (Å²) in [4.78, 5) is 4.09. The zero-order valence-corrected chi connectivity index (χ0v) is 15.9. The van der Waals surface area contributed by atoms with Crippen LogP contribution in [0.15, 0.2) is 18.7 Å². The third kappa shape index (κ3) is 3.25. The van der Waals surface area contributed by atoms with E-state index in [4.69, 9.17) is 4.74 Å². The van der Waals surface area contributed by atoms with Gasteiger partial charge in [0.05, 0.1) is 6.33 Å². The Morgan fingerprint density at radius 2 is 2.08 bits per heavy atom. The van der Waals surface area contributed by atoms with Gasteiger partial charge in [-0.2, -0.15) is 0 Å². The van der Waals surface area contributed by atoms with Crippen LogP contribution in [0.4, 0.5) is 0 Å². The zero-order chi connectivity index (χ0) is 16.8. The second-order valence-electron chi connectivity index (χ2n) is 7.42. The Bertz CT molecular complexity index is 722. The van der Waals surface area contributed by atoms with Crippen molar-refractivity contribution >= 4 is 12.4 Å². The number of halogens is 1. The second kappa shape index (κ2) is 6.67. The molecule has 1 N–H and O–H groups in total.